The Kier molecular flexibility index (Phi) is 5.84. The minimum absolute atomic E-state index is 0.0697. The van der Waals surface area contributed by atoms with Crippen LogP contribution in [0.1, 0.15) is 28.2 Å². The van der Waals surface area contributed by atoms with E-state index >= 15 is 0 Å². The molecule has 1 amide bonds. The second-order valence-corrected chi connectivity index (χ2v) is 8.95. The van der Waals surface area contributed by atoms with Gasteiger partial charge in [0.15, 0.2) is 0 Å². The van der Waals surface area contributed by atoms with Crippen LogP contribution in [0, 0.1) is 0 Å². The molecular formula is C19H17ClN2O3S2. The van der Waals surface area contributed by atoms with Crippen LogP contribution in [0.2, 0.25) is 5.02 Å². The van der Waals surface area contributed by atoms with Crippen LogP contribution in [0.3, 0.4) is 0 Å². The number of amides is 1. The average molecular weight is 421 g/mol. The molecule has 0 aliphatic heterocycles. The van der Waals surface area contributed by atoms with Crippen LogP contribution < -0.4 is 10.0 Å². The summed E-state index contributed by atoms with van der Waals surface area (Å²) in [5, 5.41) is 5.36. The highest BCUT2D eigenvalue weighted by Crippen LogP contribution is 2.20. The molecule has 0 saturated carbocycles. The first kappa shape index (κ1) is 19.4. The van der Waals surface area contributed by atoms with E-state index in [1.165, 1.54) is 24.3 Å². The lowest BCUT2D eigenvalue weighted by molar-refractivity contribution is 0.0940. The molecule has 8 heteroatoms. The summed E-state index contributed by atoms with van der Waals surface area (Å²) in [6, 6.07) is 15.9. The van der Waals surface area contributed by atoms with Gasteiger partial charge in [-0.25, -0.2) is 8.42 Å². The number of hydrogen-bond donors (Lipinski definition) is 2. The number of halogens is 1. The van der Waals surface area contributed by atoms with Crippen molar-refractivity contribution in [2.24, 2.45) is 0 Å². The highest BCUT2D eigenvalue weighted by molar-refractivity contribution is 7.92. The molecule has 1 atom stereocenters. The molecule has 0 fully saturated rings. The van der Waals surface area contributed by atoms with Crippen molar-refractivity contribution in [3.05, 3.63) is 81.5 Å². The molecule has 0 aliphatic rings. The fraction of sp³-hybridized carbons (Fsp3) is 0.105. The SMILES string of the molecule is CC(NC(=O)c1ccc(S(=O)(=O)Nc2ccc(Cl)cc2)cc1)c1cccs1. The highest BCUT2D eigenvalue weighted by Gasteiger charge is 2.16. The van der Waals surface area contributed by atoms with Gasteiger partial charge in [-0.2, -0.15) is 0 Å². The summed E-state index contributed by atoms with van der Waals surface area (Å²) in [6.45, 7) is 1.90. The second-order valence-electron chi connectivity index (χ2n) is 5.85. The minimum Gasteiger partial charge on any atom is -0.345 e. The number of carbonyl (C=O) groups excluding carboxylic acids is 1. The number of anilines is 1. The topological polar surface area (TPSA) is 75.3 Å². The monoisotopic (exact) mass is 420 g/mol. The molecule has 0 saturated heterocycles. The summed E-state index contributed by atoms with van der Waals surface area (Å²) in [7, 11) is -3.75. The third kappa shape index (κ3) is 4.88. The van der Waals surface area contributed by atoms with Crippen molar-refractivity contribution in [3.63, 3.8) is 0 Å². The van der Waals surface area contributed by atoms with Gasteiger partial charge in [0.2, 0.25) is 0 Å². The maximum absolute atomic E-state index is 12.5. The average Bonchev–Trinajstić information content (AvgIpc) is 3.18. The lowest BCUT2D eigenvalue weighted by Gasteiger charge is -2.13. The van der Waals surface area contributed by atoms with Gasteiger partial charge in [-0.05, 0) is 66.9 Å². The van der Waals surface area contributed by atoms with Crippen LogP contribution in [0.4, 0.5) is 5.69 Å². The van der Waals surface area contributed by atoms with Gasteiger partial charge in [0.25, 0.3) is 15.9 Å². The van der Waals surface area contributed by atoms with Crippen molar-refractivity contribution in [1.29, 1.82) is 0 Å². The fourth-order valence-electron chi connectivity index (χ4n) is 2.41. The predicted octanol–water partition coefficient (Wildman–Crippen LogP) is 4.69. The van der Waals surface area contributed by atoms with Crippen molar-refractivity contribution >= 4 is 44.6 Å². The largest absolute Gasteiger partial charge is 0.345 e. The van der Waals surface area contributed by atoms with Crippen molar-refractivity contribution in [3.8, 4) is 0 Å². The quantitative estimate of drug-likeness (QED) is 0.607. The van der Waals surface area contributed by atoms with Crippen LogP contribution in [0.5, 0.6) is 0 Å². The molecule has 0 spiro atoms. The van der Waals surface area contributed by atoms with Crippen LogP contribution in [-0.2, 0) is 10.0 Å². The third-order valence-corrected chi connectivity index (χ3v) is 6.54. The van der Waals surface area contributed by atoms with Crippen molar-refractivity contribution < 1.29 is 13.2 Å². The number of hydrogen-bond acceptors (Lipinski definition) is 4. The number of benzene rings is 2. The van der Waals surface area contributed by atoms with E-state index in [9.17, 15) is 13.2 Å². The predicted molar refractivity (Wildman–Crippen MR) is 109 cm³/mol. The van der Waals surface area contributed by atoms with Crippen LogP contribution in [0.15, 0.2) is 70.9 Å². The summed E-state index contributed by atoms with van der Waals surface area (Å²) < 4.78 is 27.4. The Hall–Kier alpha value is -2.35. The zero-order valence-electron chi connectivity index (χ0n) is 14.3. The summed E-state index contributed by atoms with van der Waals surface area (Å²) in [6.07, 6.45) is 0. The Bertz CT molecular complexity index is 1020. The van der Waals surface area contributed by atoms with Gasteiger partial charge in [0.1, 0.15) is 0 Å². The van der Waals surface area contributed by atoms with Gasteiger partial charge >= 0.3 is 0 Å². The zero-order valence-corrected chi connectivity index (χ0v) is 16.7. The standard InChI is InChI=1S/C19H17ClN2O3S2/c1-13(18-3-2-12-26-18)21-19(23)14-4-10-17(11-5-14)27(24,25)22-16-8-6-15(20)7-9-16/h2-13,22H,1H3,(H,21,23). The number of nitrogens with one attached hydrogen (secondary N) is 2. The van der Waals surface area contributed by atoms with Crippen molar-refractivity contribution in [2.45, 2.75) is 17.9 Å². The molecule has 140 valence electrons. The Morgan fingerprint density at radius 3 is 2.30 bits per heavy atom. The zero-order chi connectivity index (χ0) is 19.4. The second kappa shape index (κ2) is 8.12. The number of rotatable bonds is 6. The molecule has 2 N–H and O–H groups in total. The first-order valence-corrected chi connectivity index (χ1v) is 10.8. The van der Waals surface area contributed by atoms with E-state index in [1.807, 2.05) is 24.4 Å². The number of carbonyl (C=O) groups is 1. The molecule has 5 nitrogen and oxygen atoms in total. The Morgan fingerprint density at radius 1 is 1.04 bits per heavy atom. The van der Waals surface area contributed by atoms with E-state index in [4.69, 9.17) is 11.6 Å². The molecule has 27 heavy (non-hydrogen) atoms. The fourth-order valence-corrected chi connectivity index (χ4v) is 4.33. The van der Waals surface area contributed by atoms with Gasteiger partial charge in [0.05, 0.1) is 10.9 Å². The lowest BCUT2D eigenvalue weighted by atomic mass is 10.2. The molecular weight excluding hydrogens is 404 g/mol. The van der Waals surface area contributed by atoms with Crippen molar-refractivity contribution in [2.75, 3.05) is 4.72 Å². The number of thiophene rings is 1. The van der Waals surface area contributed by atoms with Gasteiger partial charge in [-0.1, -0.05) is 17.7 Å². The first-order chi connectivity index (χ1) is 12.8. The van der Waals surface area contributed by atoms with E-state index in [1.54, 1.807) is 35.6 Å². The summed E-state index contributed by atoms with van der Waals surface area (Å²) in [5.74, 6) is -0.259. The Morgan fingerprint density at radius 2 is 1.70 bits per heavy atom. The molecule has 3 rings (SSSR count). The molecule has 0 bridgehead atoms. The molecule has 0 radical (unpaired) electrons. The molecule has 3 aromatic rings. The highest BCUT2D eigenvalue weighted by atomic mass is 35.5. The van der Waals surface area contributed by atoms with E-state index in [0.717, 1.165) is 4.88 Å². The van der Waals surface area contributed by atoms with E-state index in [-0.39, 0.29) is 16.8 Å². The Balaban J connectivity index is 1.70. The lowest BCUT2D eigenvalue weighted by Crippen LogP contribution is -2.26. The van der Waals surface area contributed by atoms with Crippen LogP contribution in [-0.4, -0.2) is 14.3 Å². The minimum atomic E-state index is -3.75. The molecule has 1 unspecified atom stereocenters. The third-order valence-electron chi connectivity index (χ3n) is 3.84. The summed E-state index contributed by atoms with van der Waals surface area (Å²) in [5.41, 5.74) is 0.801. The first-order valence-electron chi connectivity index (χ1n) is 8.08. The van der Waals surface area contributed by atoms with Crippen molar-refractivity contribution in [1.82, 2.24) is 5.32 Å². The van der Waals surface area contributed by atoms with Gasteiger partial charge in [-0.15, -0.1) is 11.3 Å². The Labute approximate surface area is 167 Å². The van der Waals surface area contributed by atoms with Crippen LogP contribution in [0.25, 0.3) is 0 Å². The summed E-state index contributed by atoms with van der Waals surface area (Å²) in [4.78, 5) is 13.5. The van der Waals surface area contributed by atoms with E-state index < -0.39 is 10.0 Å². The smallest absolute Gasteiger partial charge is 0.261 e. The van der Waals surface area contributed by atoms with E-state index in [2.05, 4.69) is 10.0 Å². The van der Waals surface area contributed by atoms with Crippen LogP contribution >= 0.6 is 22.9 Å². The maximum atomic E-state index is 12.5. The molecule has 1 heterocycles. The van der Waals surface area contributed by atoms with E-state index in [0.29, 0.717) is 16.3 Å². The van der Waals surface area contributed by atoms with Gasteiger partial charge in [-0.3, -0.25) is 9.52 Å². The number of sulfonamides is 1. The molecule has 2 aromatic carbocycles. The van der Waals surface area contributed by atoms with Gasteiger partial charge < -0.3 is 5.32 Å². The molecule has 1 aromatic heterocycles. The maximum Gasteiger partial charge on any atom is 0.261 e. The van der Waals surface area contributed by atoms with Gasteiger partial charge in [0, 0.05) is 21.2 Å². The normalized spacial score (nSPS) is 12.4. The summed E-state index contributed by atoms with van der Waals surface area (Å²) >= 11 is 7.37. The molecule has 0 aliphatic carbocycles.